The summed E-state index contributed by atoms with van der Waals surface area (Å²) in [7, 11) is 0. The molecule has 0 atom stereocenters. The standard InChI is InChI=1S/C18H23NO/c1-14(2)19-12-17-5-4-6-18(11-17)20-13-16-9-7-15(3)8-10-16/h4-11,14,19H,12-13H2,1-3H3. The fraction of sp³-hybridized carbons (Fsp3) is 0.333. The van der Waals surface area contributed by atoms with Crippen LogP contribution in [0.2, 0.25) is 0 Å². The molecular weight excluding hydrogens is 246 g/mol. The van der Waals surface area contributed by atoms with E-state index in [1.54, 1.807) is 0 Å². The summed E-state index contributed by atoms with van der Waals surface area (Å²) in [5, 5.41) is 3.41. The van der Waals surface area contributed by atoms with E-state index >= 15 is 0 Å². The molecule has 0 saturated heterocycles. The number of hydrogen-bond donors (Lipinski definition) is 1. The number of hydrogen-bond acceptors (Lipinski definition) is 2. The third-order valence-electron chi connectivity index (χ3n) is 3.14. The fourth-order valence-corrected chi connectivity index (χ4v) is 1.92. The molecule has 2 nitrogen and oxygen atoms in total. The summed E-state index contributed by atoms with van der Waals surface area (Å²) in [4.78, 5) is 0. The van der Waals surface area contributed by atoms with Crippen LogP contribution in [0.4, 0.5) is 0 Å². The SMILES string of the molecule is Cc1ccc(COc2cccc(CNC(C)C)c2)cc1. The van der Waals surface area contributed by atoms with Gasteiger partial charge in [-0.05, 0) is 30.2 Å². The first kappa shape index (κ1) is 14.6. The van der Waals surface area contributed by atoms with Crippen molar-refractivity contribution in [3.63, 3.8) is 0 Å². The monoisotopic (exact) mass is 269 g/mol. The van der Waals surface area contributed by atoms with E-state index in [-0.39, 0.29) is 0 Å². The molecule has 2 heteroatoms. The molecule has 0 aromatic heterocycles. The maximum Gasteiger partial charge on any atom is 0.120 e. The summed E-state index contributed by atoms with van der Waals surface area (Å²) < 4.78 is 5.85. The van der Waals surface area contributed by atoms with E-state index in [2.05, 4.69) is 62.5 Å². The Balaban J connectivity index is 1.92. The van der Waals surface area contributed by atoms with Crippen LogP contribution >= 0.6 is 0 Å². The van der Waals surface area contributed by atoms with Gasteiger partial charge in [-0.3, -0.25) is 0 Å². The minimum atomic E-state index is 0.493. The molecule has 0 unspecified atom stereocenters. The molecule has 2 aromatic carbocycles. The molecule has 0 heterocycles. The van der Waals surface area contributed by atoms with E-state index < -0.39 is 0 Å². The maximum absolute atomic E-state index is 5.85. The molecular formula is C18H23NO. The molecule has 2 rings (SSSR count). The lowest BCUT2D eigenvalue weighted by Gasteiger charge is -2.10. The lowest BCUT2D eigenvalue weighted by molar-refractivity contribution is 0.306. The van der Waals surface area contributed by atoms with Gasteiger partial charge in [0.15, 0.2) is 0 Å². The van der Waals surface area contributed by atoms with Crippen molar-refractivity contribution in [2.24, 2.45) is 0 Å². The number of ether oxygens (including phenoxy) is 1. The Bertz CT molecular complexity index is 531. The molecule has 2 aromatic rings. The summed E-state index contributed by atoms with van der Waals surface area (Å²) >= 11 is 0. The smallest absolute Gasteiger partial charge is 0.120 e. The van der Waals surface area contributed by atoms with Crippen molar-refractivity contribution in [2.45, 2.75) is 40.0 Å². The highest BCUT2D eigenvalue weighted by atomic mass is 16.5. The number of benzene rings is 2. The normalized spacial score (nSPS) is 10.8. The van der Waals surface area contributed by atoms with Gasteiger partial charge in [-0.25, -0.2) is 0 Å². The van der Waals surface area contributed by atoms with Crippen molar-refractivity contribution < 1.29 is 4.74 Å². The lowest BCUT2D eigenvalue weighted by atomic mass is 10.1. The molecule has 0 bridgehead atoms. The molecule has 0 fully saturated rings. The van der Waals surface area contributed by atoms with Gasteiger partial charge in [-0.2, -0.15) is 0 Å². The molecule has 0 radical (unpaired) electrons. The average molecular weight is 269 g/mol. The van der Waals surface area contributed by atoms with Crippen molar-refractivity contribution in [1.82, 2.24) is 5.32 Å². The van der Waals surface area contributed by atoms with Gasteiger partial charge in [0.05, 0.1) is 0 Å². The fourth-order valence-electron chi connectivity index (χ4n) is 1.92. The van der Waals surface area contributed by atoms with Crippen molar-refractivity contribution >= 4 is 0 Å². The molecule has 0 aliphatic heterocycles. The van der Waals surface area contributed by atoms with Crippen LogP contribution in [0, 0.1) is 6.92 Å². The number of rotatable bonds is 6. The Kier molecular flexibility index (Phi) is 5.19. The summed E-state index contributed by atoms with van der Waals surface area (Å²) in [6, 6.07) is 17.2. The second-order valence-electron chi connectivity index (χ2n) is 5.46. The minimum Gasteiger partial charge on any atom is -0.489 e. The van der Waals surface area contributed by atoms with Gasteiger partial charge in [0.1, 0.15) is 12.4 Å². The zero-order valence-corrected chi connectivity index (χ0v) is 12.5. The van der Waals surface area contributed by atoms with Crippen LogP contribution in [0.1, 0.15) is 30.5 Å². The van der Waals surface area contributed by atoms with E-state index in [0.717, 1.165) is 12.3 Å². The van der Waals surface area contributed by atoms with Gasteiger partial charge >= 0.3 is 0 Å². The van der Waals surface area contributed by atoms with Crippen LogP contribution in [0.3, 0.4) is 0 Å². The predicted molar refractivity (Wildman–Crippen MR) is 83.9 cm³/mol. The molecule has 0 spiro atoms. The van der Waals surface area contributed by atoms with Crippen LogP contribution in [-0.4, -0.2) is 6.04 Å². The Morgan fingerprint density at radius 2 is 1.75 bits per heavy atom. The molecule has 106 valence electrons. The molecule has 0 saturated carbocycles. The van der Waals surface area contributed by atoms with Gasteiger partial charge in [0, 0.05) is 12.6 Å². The Labute approximate surface area is 121 Å². The van der Waals surface area contributed by atoms with E-state index in [1.165, 1.54) is 16.7 Å². The Morgan fingerprint density at radius 1 is 1.00 bits per heavy atom. The van der Waals surface area contributed by atoms with Gasteiger partial charge in [0.2, 0.25) is 0 Å². The third kappa shape index (κ3) is 4.71. The van der Waals surface area contributed by atoms with Crippen LogP contribution in [0.15, 0.2) is 48.5 Å². The van der Waals surface area contributed by atoms with Crippen molar-refractivity contribution in [3.05, 3.63) is 65.2 Å². The maximum atomic E-state index is 5.85. The van der Waals surface area contributed by atoms with Crippen LogP contribution in [0.25, 0.3) is 0 Å². The van der Waals surface area contributed by atoms with Gasteiger partial charge < -0.3 is 10.1 Å². The average Bonchev–Trinajstić information content (AvgIpc) is 2.45. The predicted octanol–water partition coefficient (Wildman–Crippen LogP) is 4.07. The Morgan fingerprint density at radius 3 is 2.45 bits per heavy atom. The van der Waals surface area contributed by atoms with Crippen LogP contribution in [-0.2, 0) is 13.2 Å². The second kappa shape index (κ2) is 7.11. The van der Waals surface area contributed by atoms with Crippen molar-refractivity contribution in [2.75, 3.05) is 0 Å². The van der Waals surface area contributed by atoms with E-state index in [9.17, 15) is 0 Å². The van der Waals surface area contributed by atoms with E-state index in [4.69, 9.17) is 4.74 Å². The first-order valence-electron chi connectivity index (χ1n) is 7.14. The highest BCUT2D eigenvalue weighted by Gasteiger charge is 1.99. The highest BCUT2D eigenvalue weighted by molar-refractivity contribution is 5.29. The third-order valence-corrected chi connectivity index (χ3v) is 3.14. The summed E-state index contributed by atoms with van der Waals surface area (Å²) in [5.41, 5.74) is 3.72. The highest BCUT2D eigenvalue weighted by Crippen LogP contribution is 2.15. The summed E-state index contributed by atoms with van der Waals surface area (Å²) in [6.45, 7) is 7.88. The van der Waals surface area contributed by atoms with Crippen molar-refractivity contribution in [1.29, 1.82) is 0 Å². The van der Waals surface area contributed by atoms with Gasteiger partial charge in [-0.1, -0.05) is 55.8 Å². The summed E-state index contributed by atoms with van der Waals surface area (Å²) in [6.07, 6.45) is 0. The molecule has 0 amide bonds. The quantitative estimate of drug-likeness (QED) is 0.853. The van der Waals surface area contributed by atoms with E-state index in [1.807, 2.05) is 12.1 Å². The largest absolute Gasteiger partial charge is 0.489 e. The number of aryl methyl sites for hydroxylation is 1. The molecule has 20 heavy (non-hydrogen) atoms. The zero-order chi connectivity index (χ0) is 14.4. The lowest BCUT2D eigenvalue weighted by Crippen LogP contribution is -2.21. The topological polar surface area (TPSA) is 21.3 Å². The van der Waals surface area contributed by atoms with Gasteiger partial charge in [-0.15, -0.1) is 0 Å². The molecule has 0 aliphatic rings. The Hall–Kier alpha value is -1.80. The first-order valence-corrected chi connectivity index (χ1v) is 7.14. The second-order valence-corrected chi connectivity index (χ2v) is 5.46. The number of nitrogens with one attached hydrogen (secondary N) is 1. The summed E-state index contributed by atoms with van der Waals surface area (Å²) in [5.74, 6) is 0.925. The zero-order valence-electron chi connectivity index (χ0n) is 12.5. The van der Waals surface area contributed by atoms with Crippen LogP contribution < -0.4 is 10.1 Å². The van der Waals surface area contributed by atoms with Crippen molar-refractivity contribution in [3.8, 4) is 5.75 Å². The van der Waals surface area contributed by atoms with Crippen LogP contribution in [0.5, 0.6) is 5.75 Å². The van der Waals surface area contributed by atoms with Gasteiger partial charge in [0.25, 0.3) is 0 Å². The first-order chi connectivity index (χ1) is 9.63. The van der Waals surface area contributed by atoms with E-state index in [0.29, 0.717) is 12.6 Å². The molecule has 1 N–H and O–H groups in total. The minimum absolute atomic E-state index is 0.493. The molecule has 0 aliphatic carbocycles.